The largest absolute Gasteiger partial charge is 0.376 e. The van der Waals surface area contributed by atoms with Gasteiger partial charge in [0.05, 0.1) is 6.10 Å². The molecule has 1 aromatic heterocycles. The Morgan fingerprint density at radius 3 is 2.73 bits per heavy atom. The van der Waals surface area contributed by atoms with E-state index in [1.54, 1.807) is 22.9 Å². The van der Waals surface area contributed by atoms with Gasteiger partial charge in [-0.25, -0.2) is 0 Å². The Morgan fingerprint density at radius 2 is 2.03 bits per heavy atom. The fraction of sp³-hybridized carbons (Fsp3) is 0.522. The smallest absolute Gasteiger partial charge is 0.276 e. The van der Waals surface area contributed by atoms with Crippen LogP contribution in [0.3, 0.4) is 0 Å². The second-order valence-electron chi connectivity index (χ2n) is 7.94. The maximum atomic E-state index is 13.2. The van der Waals surface area contributed by atoms with Gasteiger partial charge in [-0.3, -0.25) is 9.59 Å². The first kappa shape index (κ1) is 22.0. The molecule has 0 spiro atoms. The first-order valence-corrected chi connectivity index (χ1v) is 10.6. The molecule has 1 unspecified atom stereocenters. The predicted molar refractivity (Wildman–Crippen MR) is 114 cm³/mol. The summed E-state index contributed by atoms with van der Waals surface area (Å²) in [7, 11) is 1.77. The Morgan fingerprint density at radius 1 is 1.23 bits per heavy atom. The summed E-state index contributed by atoms with van der Waals surface area (Å²) in [6.45, 7) is 8.07. The third kappa shape index (κ3) is 5.27. The number of hydrogen-bond acceptors (Lipinski definition) is 5. The molecule has 0 N–H and O–H groups in total. The Kier molecular flexibility index (Phi) is 7.26. The lowest BCUT2D eigenvalue weighted by Gasteiger charge is -2.25. The molecule has 7 heteroatoms. The topological polar surface area (TPSA) is 75.9 Å². The second-order valence-corrected chi connectivity index (χ2v) is 7.94. The fourth-order valence-electron chi connectivity index (χ4n) is 3.57. The highest BCUT2D eigenvalue weighted by Crippen LogP contribution is 2.26. The summed E-state index contributed by atoms with van der Waals surface area (Å²) in [6.07, 6.45) is 2.17. The molecule has 0 aliphatic carbocycles. The molecule has 2 heterocycles. The van der Waals surface area contributed by atoms with E-state index in [2.05, 4.69) is 5.16 Å². The number of nitrogens with zero attached hydrogens (tertiary/aromatic N) is 3. The number of amides is 2. The van der Waals surface area contributed by atoms with Crippen molar-refractivity contribution < 1.29 is 18.8 Å². The van der Waals surface area contributed by atoms with Crippen LogP contribution < -0.4 is 0 Å². The van der Waals surface area contributed by atoms with E-state index in [-0.39, 0.29) is 30.0 Å². The van der Waals surface area contributed by atoms with E-state index in [4.69, 9.17) is 9.26 Å². The molecule has 162 valence electrons. The number of ether oxygens (including phenoxy) is 1. The Labute approximate surface area is 178 Å². The summed E-state index contributed by atoms with van der Waals surface area (Å²) in [4.78, 5) is 28.8. The zero-order valence-corrected chi connectivity index (χ0v) is 18.3. The first-order chi connectivity index (χ1) is 14.4. The normalized spacial score (nSPS) is 15.9. The lowest BCUT2D eigenvalue weighted by Crippen LogP contribution is -2.40. The number of carbonyl (C=O) groups is 2. The summed E-state index contributed by atoms with van der Waals surface area (Å²) in [5.41, 5.74) is 3.34. The van der Waals surface area contributed by atoms with Crippen LogP contribution in [0.2, 0.25) is 0 Å². The lowest BCUT2D eigenvalue weighted by atomic mass is 10.0. The third-order valence-corrected chi connectivity index (χ3v) is 5.62. The van der Waals surface area contributed by atoms with E-state index in [9.17, 15) is 9.59 Å². The lowest BCUT2D eigenvalue weighted by molar-refractivity contribution is -0.129. The van der Waals surface area contributed by atoms with Crippen molar-refractivity contribution in [2.24, 2.45) is 0 Å². The quantitative estimate of drug-likeness (QED) is 0.663. The van der Waals surface area contributed by atoms with Crippen molar-refractivity contribution in [1.29, 1.82) is 0 Å². The predicted octanol–water partition coefficient (Wildman–Crippen LogP) is 3.45. The number of rotatable bonds is 8. The monoisotopic (exact) mass is 413 g/mol. The van der Waals surface area contributed by atoms with Crippen LogP contribution in [0.25, 0.3) is 11.3 Å². The van der Waals surface area contributed by atoms with Crippen molar-refractivity contribution >= 4 is 11.8 Å². The molecule has 0 saturated carbocycles. The molecule has 3 rings (SSSR count). The van der Waals surface area contributed by atoms with Gasteiger partial charge in [-0.05, 0) is 45.2 Å². The first-order valence-electron chi connectivity index (χ1n) is 10.6. The SMILES string of the molecule is CCN(C)C(=O)CCN(CC1CCCO1)C(=O)c1cc(-c2cc(C)ccc2C)on1. The highest BCUT2D eigenvalue weighted by atomic mass is 16.5. The van der Waals surface area contributed by atoms with Crippen molar-refractivity contribution in [3.8, 4) is 11.3 Å². The van der Waals surface area contributed by atoms with Gasteiger partial charge in [0, 0.05) is 51.3 Å². The minimum atomic E-state index is -0.238. The van der Waals surface area contributed by atoms with Crippen molar-refractivity contribution in [1.82, 2.24) is 15.0 Å². The van der Waals surface area contributed by atoms with Gasteiger partial charge >= 0.3 is 0 Å². The van der Waals surface area contributed by atoms with Gasteiger partial charge in [0.15, 0.2) is 11.5 Å². The Bertz CT molecular complexity index is 886. The van der Waals surface area contributed by atoms with Gasteiger partial charge in [-0.2, -0.15) is 0 Å². The molecule has 2 amide bonds. The number of benzene rings is 1. The molecule has 2 aromatic rings. The average Bonchev–Trinajstić information content (AvgIpc) is 3.43. The van der Waals surface area contributed by atoms with Crippen molar-refractivity contribution in [3.05, 3.63) is 41.1 Å². The van der Waals surface area contributed by atoms with Crippen LogP contribution in [-0.2, 0) is 9.53 Å². The third-order valence-electron chi connectivity index (χ3n) is 5.62. The van der Waals surface area contributed by atoms with E-state index < -0.39 is 0 Å². The number of aryl methyl sites for hydroxylation is 2. The van der Waals surface area contributed by atoms with Gasteiger partial charge in [0.25, 0.3) is 5.91 Å². The van der Waals surface area contributed by atoms with Crippen molar-refractivity contribution in [2.45, 2.75) is 46.1 Å². The second kappa shape index (κ2) is 9.89. The van der Waals surface area contributed by atoms with Crippen LogP contribution >= 0.6 is 0 Å². The summed E-state index contributed by atoms with van der Waals surface area (Å²) >= 11 is 0. The van der Waals surface area contributed by atoms with Crippen molar-refractivity contribution in [2.75, 3.05) is 33.3 Å². The molecular weight excluding hydrogens is 382 g/mol. The Hall–Kier alpha value is -2.67. The van der Waals surface area contributed by atoms with Gasteiger partial charge in [0.2, 0.25) is 5.91 Å². The highest BCUT2D eigenvalue weighted by molar-refractivity contribution is 5.93. The zero-order chi connectivity index (χ0) is 21.7. The van der Waals surface area contributed by atoms with E-state index in [1.165, 1.54) is 0 Å². The molecule has 1 saturated heterocycles. The van der Waals surface area contributed by atoms with Gasteiger partial charge < -0.3 is 19.1 Å². The van der Waals surface area contributed by atoms with Gasteiger partial charge in [0.1, 0.15) is 0 Å². The van der Waals surface area contributed by atoms with Crippen LogP contribution in [0, 0.1) is 13.8 Å². The number of carbonyl (C=O) groups excluding carboxylic acids is 2. The van der Waals surface area contributed by atoms with E-state index in [0.717, 1.165) is 29.5 Å². The molecule has 1 fully saturated rings. The summed E-state index contributed by atoms with van der Waals surface area (Å²) < 4.78 is 11.2. The molecule has 1 aliphatic rings. The number of aromatic nitrogens is 1. The zero-order valence-electron chi connectivity index (χ0n) is 18.3. The summed E-state index contributed by atoms with van der Waals surface area (Å²) in [6, 6.07) is 7.77. The average molecular weight is 414 g/mol. The van der Waals surface area contributed by atoms with Crippen molar-refractivity contribution in [3.63, 3.8) is 0 Å². The molecule has 1 atom stereocenters. The van der Waals surface area contributed by atoms with Crippen LogP contribution in [-0.4, -0.2) is 66.2 Å². The molecule has 7 nitrogen and oxygen atoms in total. The Balaban J connectivity index is 1.77. The van der Waals surface area contributed by atoms with Crippen LogP contribution in [0.15, 0.2) is 28.8 Å². The summed E-state index contributed by atoms with van der Waals surface area (Å²) in [5, 5.41) is 4.03. The van der Waals surface area contributed by atoms with E-state index in [1.807, 2.05) is 39.0 Å². The minimum Gasteiger partial charge on any atom is -0.376 e. The molecule has 0 radical (unpaired) electrons. The van der Waals surface area contributed by atoms with Crippen LogP contribution in [0.1, 0.15) is 47.8 Å². The van der Waals surface area contributed by atoms with E-state index in [0.29, 0.717) is 32.0 Å². The molecule has 1 aliphatic heterocycles. The number of hydrogen-bond donors (Lipinski definition) is 0. The van der Waals surface area contributed by atoms with Crippen LogP contribution in [0.5, 0.6) is 0 Å². The molecule has 1 aromatic carbocycles. The van der Waals surface area contributed by atoms with Crippen LogP contribution in [0.4, 0.5) is 0 Å². The highest BCUT2D eigenvalue weighted by Gasteiger charge is 2.26. The van der Waals surface area contributed by atoms with Gasteiger partial charge in [-0.15, -0.1) is 0 Å². The maximum absolute atomic E-state index is 13.2. The minimum absolute atomic E-state index is 0.00153. The van der Waals surface area contributed by atoms with Gasteiger partial charge in [-0.1, -0.05) is 22.9 Å². The molecule has 0 bridgehead atoms. The van der Waals surface area contributed by atoms with E-state index >= 15 is 0 Å². The summed E-state index contributed by atoms with van der Waals surface area (Å²) in [5.74, 6) is 0.343. The standard InChI is InChI=1S/C23H31N3O4/c1-5-25(4)22(27)10-11-26(15-18-7-6-12-29-18)23(28)20-14-21(30-24-20)19-13-16(2)8-9-17(19)3/h8-9,13-14,18H,5-7,10-12,15H2,1-4H3. The molecule has 30 heavy (non-hydrogen) atoms. The molecular formula is C23H31N3O4. The maximum Gasteiger partial charge on any atom is 0.276 e. The fourth-order valence-corrected chi connectivity index (χ4v) is 3.57.